The number of nitrogens with zero attached hydrogens (tertiary/aromatic N) is 4. The van der Waals surface area contributed by atoms with Gasteiger partial charge >= 0.3 is 0 Å². The van der Waals surface area contributed by atoms with Crippen molar-refractivity contribution >= 4 is 11.6 Å². The summed E-state index contributed by atoms with van der Waals surface area (Å²) in [5.74, 6) is 0.188. The third kappa shape index (κ3) is 3.84. The van der Waals surface area contributed by atoms with E-state index in [9.17, 15) is 14.9 Å². The minimum absolute atomic E-state index is 0.0573. The van der Waals surface area contributed by atoms with Crippen LogP contribution in [-0.2, 0) is 0 Å². The number of hydrogen-bond donors (Lipinski definition) is 1. The molecular formula is C17H21N5O3. The van der Waals surface area contributed by atoms with Crippen molar-refractivity contribution in [3.8, 4) is 5.69 Å². The van der Waals surface area contributed by atoms with Gasteiger partial charge < -0.3 is 5.32 Å². The Labute approximate surface area is 145 Å². The Kier molecular flexibility index (Phi) is 5.06. The summed E-state index contributed by atoms with van der Waals surface area (Å²) in [6, 6.07) is 4.45. The lowest BCUT2D eigenvalue weighted by Gasteiger charge is -2.28. The van der Waals surface area contributed by atoms with Crippen molar-refractivity contribution in [2.24, 2.45) is 5.92 Å². The number of carbonyl (C=O) groups excluding carboxylic acids is 1. The molecule has 132 valence electrons. The maximum atomic E-state index is 12.5. The fourth-order valence-electron chi connectivity index (χ4n) is 3.38. The first kappa shape index (κ1) is 17.1. The minimum atomic E-state index is -0.516. The number of hydrogen-bond acceptors (Lipinski definition) is 5. The Hall–Kier alpha value is -2.77. The smallest absolute Gasteiger partial charge is 0.295 e. The van der Waals surface area contributed by atoms with Crippen molar-refractivity contribution < 1.29 is 9.72 Å². The molecule has 0 spiro atoms. The van der Waals surface area contributed by atoms with Gasteiger partial charge in [-0.25, -0.2) is 9.67 Å². The Morgan fingerprint density at radius 2 is 2.12 bits per heavy atom. The largest absolute Gasteiger partial charge is 0.349 e. The molecule has 8 nitrogen and oxygen atoms in total. The van der Waals surface area contributed by atoms with Gasteiger partial charge in [0.2, 0.25) is 0 Å². The molecule has 1 amide bonds. The van der Waals surface area contributed by atoms with Gasteiger partial charge in [0.1, 0.15) is 18.3 Å². The highest BCUT2D eigenvalue weighted by molar-refractivity contribution is 5.95. The molecule has 1 aromatic carbocycles. The average Bonchev–Trinajstić information content (AvgIpc) is 3.16. The zero-order chi connectivity index (χ0) is 17.8. The first-order valence-corrected chi connectivity index (χ1v) is 8.50. The van der Waals surface area contributed by atoms with E-state index >= 15 is 0 Å². The number of aromatic nitrogens is 3. The van der Waals surface area contributed by atoms with Gasteiger partial charge in [-0.3, -0.25) is 14.9 Å². The molecule has 1 saturated carbocycles. The molecule has 0 aliphatic heterocycles. The third-order valence-corrected chi connectivity index (χ3v) is 4.82. The number of carbonyl (C=O) groups is 1. The molecule has 1 aliphatic rings. The second-order valence-electron chi connectivity index (χ2n) is 6.46. The number of benzene rings is 1. The molecule has 8 heteroatoms. The van der Waals surface area contributed by atoms with Crippen molar-refractivity contribution in [2.75, 3.05) is 0 Å². The van der Waals surface area contributed by atoms with Gasteiger partial charge in [0, 0.05) is 17.7 Å². The fourth-order valence-corrected chi connectivity index (χ4v) is 3.38. The van der Waals surface area contributed by atoms with Crippen LogP contribution in [0, 0.1) is 16.0 Å². The van der Waals surface area contributed by atoms with Gasteiger partial charge in [0.25, 0.3) is 11.6 Å². The zero-order valence-corrected chi connectivity index (χ0v) is 14.1. The van der Waals surface area contributed by atoms with E-state index in [0.717, 1.165) is 12.8 Å². The number of amides is 1. The molecule has 2 aromatic rings. The molecule has 1 N–H and O–H groups in total. The highest BCUT2D eigenvalue weighted by Crippen LogP contribution is 2.27. The summed E-state index contributed by atoms with van der Waals surface area (Å²) in [6.45, 7) is 2.01. The van der Waals surface area contributed by atoms with Gasteiger partial charge in [-0.15, -0.1) is 0 Å². The van der Waals surface area contributed by atoms with Crippen LogP contribution in [0.4, 0.5) is 5.69 Å². The zero-order valence-electron chi connectivity index (χ0n) is 14.1. The lowest BCUT2D eigenvalue weighted by molar-refractivity contribution is -0.384. The molecule has 1 heterocycles. The topological polar surface area (TPSA) is 103 Å². The Bertz CT molecular complexity index is 754. The minimum Gasteiger partial charge on any atom is -0.349 e. The lowest BCUT2D eigenvalue weighted by Crippen LogP contribution is -2.38. The molecule has 3 rings (SSSR count). The summed E-state index contributed by atoms with van der Waals surface area (Å²) in [5.41, 5.74) is 0.376. The monoisotopic (exact) mass is 343 g/mol. The van der Waals surface area contributed by atoms with E-state index in [1.54, 1.807) is 6.07 Å². The van der Waals surface area contributed by atoms with E-state index in [4.69, 9.17) is 0 Å². The number of nitro groups is 1. The molecule has 0 unspecified atom stereocenters. The number of rotatable bonds is 5. The molecule has 0 radical (unpaired) electrons. The standard InChI is InChI=1S/C17H21N5O3/c1-12(13-5-3-2-4-6-13)20-17(23)14-7-8-15(16(9-14)22(24)25)21-11-18-10-19-21/h7-13H,2-6H2,1H3,(H,20,23)/t12-/m1/s1. The van der Waals surface area contributed by atoms with Crippen LogP contribution in [0.2, 0.25) is 0 Å². The van der Waals surface area contributed by atoms with E-state index in [1.165, 1.54) is 48.7 Å². The average molecular weight is 343 g/mol. The van der Waals surface area contributed by atoms with Crippen molar-refractivity contribution in [3.63, 3.8) is 0 Å². The van der Waals surface area contributed by atoms with E-state index in [2.05, 4.69) is 15.4 Å². The maximum absolute atomic E-state index is 12.5. The van der Waals surface area contributed by atoms with Crippen LogP contribution >= 0.6 is 0 Å². The first-order valence-electron chi connectivity index (χ1n) is 8.50. The van der Waals surface area contributed by atoms with Crippen molar-refractivity contribution in [2.45, 2.75) is 45.1 Å². The Morgan fingerprint density at radius 3 is 2.76 bits per heavy atom. The molecule has 1 atom stereocenters. The van der Waals surface area contributed by atoms with Gasteiger partial charge in [0.15, 0.2) is 0 Å². The second-order valence-corrected chi connectivity index (χ2v) is 6.46. The molecule has 1 fully saturated rings. The highest BCUT2D eigenvalue weighted by atomic mass is 16.6. The van der Waals surface area contributed by atoms with E-state index in [0.29, 0.717) is 5.92 Å². The van der Waals surface area contributed by atoms with E-state index < -0.39 is 4.92 Å². The summed E-state index contributed by atoms with van der Waals surface area (Å²) in [7, 11) is 0. The lowest BCUT2D eigenvalue weighted by atomic mass is 9.84. The van der Waals surface area contributed by atoms with Crippen LogP contribution < -0.4 is 5.32 Å². The molecule has 0 saturated heterocycles. The molecule has 0 bridgehead atoms. The quantitative estimate of drug-likeness (QED) is 0.664. The van der Waals surface area contributed by atoms with Crippen molar-refractivity contribution in [3.05, 3.63) is 46.5 Å². The van der Waals surface area contributed by atoms with E-state index in [1.807, 2.05) is 6.92 Å². The van der Waals surface area contributed by atoms with Crippen LogP contribution in [0.1, 0.15) is 49.4 Å². The van der Waals surface area contributed by atoms with Crippen molar-refractivity contribution in [1.29, 1.82) is 0 Å². The summed E-state index contributed by atoms with van der Waals surface area (Å²) in [6.07, 6.45) is 8.57. The molecule has 25 heavy (non-hydrogen) atoms. The predicted molar refractivity (Wildman–Crippen MR) is 91.5 cm³/mol. The van der Waals surface area contributed by atoms with Gasteiger partial charge in [0.05, 0.1) is 4.92 Å². The molecule has 1 aromatic heterocycles. The Morgan fingerprint density at radius 1 is 1.36 bits per heavy atom. The normalized spacial score (nSPS) is 16.4. The van der Waals surface area contributed by atoms with Crippen LogP contribution in [-0.4, -0.2) is 31.6 Å². The van der Waals surface area contributed by atoms with Crippen LogP contribution in [0.5, 0.6) is 0 Å². The van der Waals surface area contributed by atoms with Crippen LogP contribution in [0.3, 0.4) is 0 Å². The van der Waals surface area contributed by atoms with Crippen LogP contribution in [0.25, 0.3) is 5.69 Å². The SMILES string of the molecule is C[C@@H](NC(=O)c1ccc(-n2cncn2)c([N+](=O)[O-])c1)C1CCCCC1. The second kappa shape index (κ2) is 7.42. The highest BCUT2D eigenvalue weighted by Gasteiger charge is 2.24. The van der Waals surface area contributed by atoms with Crippen LogP contribution in [0.15, 0.2) is 30.9 Å². The summed E-state index contributed by atoms with van der Waals surface area (Å²) < 4.78 is 1.31. The first-order chi connectivity index (χ1) is 12.1. The third-order valence-electron chi connectivity index (χ3n) is 4.82. The summed E-state index contributed by atoms with van der Waals surface area (Å²) in [4.78, 5) is 27.2. The van der Waals surface area contributed by atoms with Crippen molar-refractivity contribution in [1.82, 2.24) is 20.1 Å². The number of nitrogens with one attached hydrogen (secondary N) is 1. The molecule has 1 aliphatic carbocycles. The van der Waals surface area contributed by atoms with Gasteiger partial charge in [-0.2, -0.15) is 5.10 Å². The van der Waals surface area contributed by atoms with E-state index in [-0.39, 0.29) is 28.9 Å². The summed E-state index contributed by atoms with van der Waals surface area (Å²) in [5, 5.41) is 18.3. The van der Waals surface area contributed by atoms with Gasteiger partial charge in [-0.05, 0) is 37.8 Å². The Balaban J connectivity index is 1.78. The molecular weight excluding hydrogens is 322 g/mol. The van der Waals surface area contributed by atoms with Gasteiger partial charge in [-0.1, -0.05) is 19.3 Å². The predicted octanol–water partition coefficient (Wildman–Crippen LogP) is 2.87. The number of nitro benzene ring substituents is 1. The maximum Gasteiger partial charge on any atom is 0.295 e. The summed E-state index contributed by atoms with van der Waals surface area (Å²) >= 11 is 0. The fraction of sp³-hybridized carbons (Fsp3) is 0.471.